The van der Waals surface area contributed by atoms with E-state index in [1.54, 1.807) is 6.26 Å². The number of aryl methyl sites for hydroxylation is 3. The maximum Gasteiger partial charge on any atom is 0.157 e. The van der Waals surface area contributed by atoms with Crippen molar-refractivity contribution in [2.75, 3.05) is 4.90 Å². The Kier molecular flexibility index (Phi) is 4.21. The molecular weight excluding hydrogens is 324 g/mol. The maximum absolute atomic E-state index is 5.57. The molecular formula is C21H22N4O. The van der Waals surface area contributed by atoms with Gasteiger partial charge < -0.3 is 9.32 Å². The zero-order valence-corrected chi connectivity index (χ0v) is 15.3. The summed E-state index contributed by atoms with van der Waals surface area (Å²) in [5.74, 6) is 0.942. The van der Waals surface area contributed by atoms with Crippen LogP contribution in [0.2, 0.25) is 0 Å². The van der Waals surface area contributed by atoms with Crippen LogP contribution in [0.15, 0.2) is 59.3 Å². The summed E-state index contributed by atoms with van der Waals surface area (Å²) >= 11 is 0. The van der Waals surface area contributed by atoms with E-state index in [2.05, 4.69) is 52.2 Å². The topological polar surface area (TPSA) is 47.1 Å². The van der Waals surface area contributed by atoms with Crippen molar-refractivity contribution in [3.8, 4) is 0 Å². The van der Waals surface area contributed by atoms with Gasteiger partial charge in [-0.1, -0.05) is 17.7 Å². The summed E-state index contributed by atoms with van der Waals surface area (Å²) < 4.78 is 7.40. The van der Waals surface area contributed by atoms with E-state index in [1.807, 2.05) is 37.0 Å². The highest BCUT2D eigenvalue weighted by molar-refractivity contribution is 5.78. The Hall–Kier alpha value is -3.08. The Morgan fingerprint density at radius 2 is 1.88 bits per heavy atom. The monoisotopic (exact) mass is 346 g/mol. The van der Waals surface area contributed by atoms with Gasteiger partial charge in [0.25, 0.3) is 0 Å². The molecule has 0 fully saturated rings. The van der Waals surface area contributed by atoms with Crippen LogP contribution < -0.4 is 4.90 Å². The molecule has 0 aliphatic carbocycles. The number of rotatable bonds is 5. The van der Waals surface area contributed by atoms with Crippen molar-refractivity contribution < 1.29 is 4.42 Å². The lowest BCUT2D eigenvalue weighted by Crippen LogP contribution is -2.22. The molecule has 132 valence electrons. The zero-order valence-electron chi connectivity index (χ0n) is 15.3. The Morgan fingerprint density at radius 3 is 2.62 bits per heavy atom. The lowest BCUT2D eigenvalue weighted by atomic mass is 10.1. The van der Waals surface area contributed by atoms with Gasteiger partial charge in [0, 0.05) is 30.9 Å². The minimum atomic E-state index is 0.708. The molecule has 0 saturated heterocycles. The van der Waals surface area contributed by atoms with Gasteiger partial charge in [-0.15, -0.1) is 0 Å². The van der Waals surface area contributed by atoms with Gasteiger partial charge in [-0.25, -0.2) is 4.98 Å². The number of hydrogen-bond donors (Lipinski definition) is 0. The number of fused-ring (bicyclic) bond motifs is 1. The summed E-state index contributed by atoms with van der Waals surface area (Å²) in [6.45, 7) is 5.58. The highest BCUT2D eigenvalue weighted by Gasteiger charge is 2.13. The highest BCUT2D eigenvalue weighted by Crippen LogP contribution is 2.23. The highest BCUT2D eigenvalue weighted by atomic mass is 16.3. The number of nitrogens with zero attached hydrogens (tertiary/aromatic N) is 4. The van der Waals surface area contributed by atoms with E-state index >= 15 is 0 Å². The molecule has 0 saturated carbocycles. The lowest BCUT2D eigenvalue weighted by Gasteiger charge is -2.24. The minimum absolute atomic E-state index is 0.708. The Bertz CT molecular complexity index is 1020. The van der Waals surface area contributed by atoms with Gasteiger partial charge >= 0.3 is 0 Å². The van der Waals surface area contributed by atoms with E-state index in [0.717, 1.165) is 40.3 Å². The van der Waals surface area contributed by atoms with Crippen molar-refractivity contribution in [3.63, 3.8) is 0 Å². The van der Waals surface area contributed by atoms with Gasteiger partial charge in [-0.2, -0.15) is 5.10 Å². The minimum Gasteiger partial charge on any atom is -0.467 e. The Balaban J connectivity index is 1.67. The summed E-state index contributed by atoms with van der Waals surface area (Å²) in [6, 6.07) is 14.7. The van der Waals surface area contributed by atoms with Gasteiger partial charge in [-0.3, -0.25) is 4.68 Å². The van der Waals surface area contributed by atoms with Crippen LogP contribution in [0.1, 0.15) is 22.6 Å². The number of aromatic nitrogens is 3. The van der Waals surface area contributed by atoms with E-state index in [1.165, 1.54) is 5.56 Å². The van der Waals surface area contributed by atoms with Crippen LogP contribution in [0.4, 0.5) is 5.69 Å². The van der Waals surface area contributed by atoms with Crippen molar-refractivity contribution >= 4 is 16.7 Å². The quantitative estimate of drug-likeness (QED) is 0.538. The van der Waals surface area contributed by atoms with Crippen molar-refractivity contribution in [1.82, 2.24) is 14.8 Å². The molecule has 0 atom stereocenters. The van der Waals surface area contributed by atoms with Crippen molar-refractivity contribution in [2.45, 2.75) is 26.9 Å². The van der Waals surface area contributed by atoms with E-state index in [9.17, 15) is 0 Å². The molecule has 0 N–H and O–H groups in total. The predicted molar refractivity (Wildman–Crippen MR) is 103 cm³/mol. The summed E-state index contributed by atoms with van der Waals surface area (Å²) in [6.07, 6.45) is 3.65. The number of hydrogen-bond acceptors (Lipinski definition) is 4. The molecule has 0 radical (unpaired) electrons. The van der Waals surface area contributed by atoms with Crippen molar-refractivity contribution in [3.05, 3.63) is 77.5 Å². The second-order valence-corrected chi connectivity index (χ2v) is 6.69. The first kappa shape index (κ1) is 16.4. The van der Waals surface area contributed by atoms with Crippen LogP contribution in [-0.4, -0.2) is 14.8 Å². The van der Waals surface area contributed by atoms with Gasteiger partial charge in [-0.05, 0) is 49.7 Å². The van der Waals surface area contributed by atoms with Gasteiger partial charge in [0.2, 0.25) is 0 Å². The fourth-order valence-corrected chi connectivity index (χ4v) is 3.24. The van der Waals surface area contributed by atoms with Gasteiger partial charge in [0.15, 0.2) is 5.65 Å². The largest absolute Gasteiger partial charge is 0.467 e. The fourth-order valence-electron chi connectivity index (χ4n) is 3.24. The molecule has 0 aliphatic rings. The Labute approximate surface area is 152 Å². The summed E-state index contributed by atoms with van der Waals surface area (Å²) in [4.78, 5) is 6.91. The molecule has 5 heteroatoms. The van der Waals surface area contributed by atoms with E-state index in [0.29, 0.717) is 6.54 Å². The first-order chi connectivity index (χ1) is 12.6. The van der Waals surface area contributed by atoms with Crippen LogP contribution in [0.25, 0.3) is 11.0 Å². The van der Waals surface area contributed by atoms with Crippen LogP contribution in [0, 0.1) is 13.8 Å². The molecule has 1 aromatic carbocycles. The second-order valence-electron chi connectivity index (χ2n) is 6.69. The summed E-state index contributed by atoms with van der Waals surface area (Å²) in [7, 11) is 1.93. The van der Waals surface area contributed by atoms with E-state index < -0.39 is 0 Å². The SMILES string of the molecule is Cc1ccc(N(Cc2cnc3c(c2)c(C)nn3C)Cc2ccco2)cc1. The third kappa shape index (κ3) is 3.20. The normalized spacial score (nSPS) is 11.2. The third-order valence-corrected chi connectivity index (χ3v) is 4.62. The molecule has 0 aliphatic heterocycles. The lowest BCUT2D eigenvalue weighted by molar-refractivity contribution is 0.501. The molecule has 0 unspecified atom stereocenters. The second kappa shape index (κ2) is 6.67. The van der Waals surface area contributed by atoms with Gasteiger partial charge in [0.1, 0.15) is 5.76 Å². The summed E-state index contributed by atoms with van der Waals surface area (Å²) in [5.41, 5.74) is 5.49. The Morgan fingerprint density at radius 1 is 1.08 bits per heavy atom. The maximum atomic E-state index is 5.57. The molecule has 3 heterocycles. The van der Waals surface area contributed by atoms with E-state index in [-0.39, 0.29) is 0 Å². The van der Waals surface area contributed by atoms with Crippen LogP contribution in [0.3, 0.4) is 0 Å². The average Bonchev–Trinajstić information content (AvgIpc) is 3.24. The fraction of sp³-hybridized carbons (Fsp3) is 0.238. The van der Waals surface area contributed by atoms with Gasteiger partial charge in [0.05, 0.1) is 18.5 Å². The molecule has 0 amide bonds. The molecule has 0 bridgehead atoms. The molecule has 26 heavy (non-hydrogen) atoms. The number of anilines is 1. The zero-order chi connectivity index (χ0) is 18.1. The van der Waals surface area contributed by atoms with E-state index in [4.69, 9.17) is 4.42 Å². The van der Waals surface area contributed by atoms with Crippen molar-refractivity contribution in [1.29, 1.82) is 0 Å². The molecule has 4 rings (SSSR count). The van der Waals surface area contributed by atoms with Crippen molar-refractivity contribution in [2.24, 2.45) is 7.05 Å². The number of furan rings is 1. The standard InChI is InChI=1S/C21H22N4O/c1-15-6-8-18(9-7-15)25(14-19-5-4-10-26-19)13-17-11-20-16(2)23-24(3)21(20)22-12-17/h4-12H,13-14H2,1-3H3. The number of pyridine rings is 1. The van der Waals surface area contributed by atoms with Crippen LogP contribution >= 0.6 is 0 Å². The van der Waals surface area contributed by atoms with Crippen LogP contribution in [-0.2, 0) is 20.1 Å². The third-order valence-electron chi connectivity index (χ3n) is 4.62. The molecule has 4 aromatic rings. The summed E-state index contributed by atoms with van der Waals surface area (Å²) in [5, 5.41) is 5.57. The molecule has 5 nitrogen and oxygen atoms in total. The first-order valence-electron chi connectivity index (χ1n) is 8.72. The average molecular weight is 346 g/mol. The molecule has 3 aromatic heterocycles. The first-order valence-corrected chi connectivity index (χ1v) is 8.72. The van der Waals surface area contributed by atoms with Crippen LogP contribution in [0.5, 0.6) is 0 Å². The number of benzene rings is 1. The molecule has 0 spiro atoms. The predicted octanol–water partition coefficient (Wildman–Crippen LogP) is 4.38. The smallest absolute Gasteiger partial charge is 0.157 e.